The first kappa shape index (κ1) is 17.2. The Morgan fingerprint density at radius 1 is 1.30 bits per heavy atom. The van der Waals surface area contributed by atoms with E-state index >= 15 is 0 Å². The number of aromatic nitrogens is 2. The van der Waals surface area contributed by atoms with Crippen LogP contribution in [0.3, 0.4) is 0 Å². The van der Waals surface area contributed by atoms with Gasteiger partial charge in [0.25, 0.3) is 11.8 Å². The van der Waals surface area contributed by atoms with Crippen molar-refractivity contribution in [3.63, 3.8) is 0 Å². The molecule has 1 atom stereocenters. The van der Waals surface area contributed by atoms with E-state index in [9.17, 15) is 19.2 Å². The van der Waals surface area contributed by atoms with E-state index in [4.69, 9.17) is 11.6 Å². The summed E-state index contributed by atoms with van der Waals surface area (Å²) >= 11 is 5.72. The minimum atomic E-state index is -0.675. The first-order chi connectivity index (χ1) is 12.9. The molecule has 9 nitrogen and oxygen atoms in total. The van der Waals surface area contributed by atoms with Crippen LogP contribution in [-0.2, 0) is 16.1 Å². The van der Waals surface area contributed by atoms with Gasteiger partial charge >= 0.3 is 0 Å². The number of fused-ring (bicyclic) bond motifs is 1. The number of carbonyl (C=O) groups is 4. The van der Waals surface area contributed by atoms with E-state index in [1.807, 2.05) is 0 Å². The lowest BCUT2D eigenvalue weighted by molar-refractivity contribution is -0.136. The second kappa shape index (κ2) is 6.51. The van der Waals surface area contributed by atoms with Gasteiger partial charge in [-0.3, -0.25) is 24.5 Å². The van der Waals surface area contributed by atoms with E-state index < -0.39 is 17.9 Å². The Bertz CT molecular complexity index is 985. The SMILES string of the molecule is O=C1CCC(N2Cc3cc(NC(=O)c4ncc(Cl)[nH]4)ccc3C2=O)C(=O)N1. The molecule has 1 aromatic carbocycles. The zero-order valence-electron chi connectivity index (χ0n) is 13.9. The molecule has 27 heavy (non-hydrogen) atoms. The summed E-state index contributed by atoms with van der Waals surface area (Å²) in [6.07, 6.45) is 1.83. The molecule has 2 aromatic rings. The quantitative estimate of drug-likeness (QED) is 0.680. The highest BCUT2D eigenvalue weighted by Gasteiger charge is 2.39. The smallest absolute Gasteiger partial charge is 0.291 e. The maximum absolute atomic E-state index is 12.6. The van der Waals surface area contributed by atoms with Gasteiger partial charge in [-0.25, -0.2) is 4.98 Å². The van der Waals surface area contributed by atoms with Crippen LogP contribution in [0, 0.1) is 0 Å². The standard InChI is InChI=1S/C17H14ClN5O4/c18-12-6-19-14(21-12)16(26)20-9-1-2-10-8(5-9)7-23(17(10)27)11-3-4-13(24)22-15(11)25/h1-2,5-6,11H,3-4,7H2,(H,19,21)(H,20,26)(H,22,24,25). The van der Waals surface area contributed by atoms with Gasteiger partial charge in [0.1, 0.15) is 11.2 Å². The molecular weight excluding hydrogens is 374 g/mol. The molecule has 3 heterocycles. The molecule has 2 aliphatic heterocycles. The highest BCUT2D eigenvalue weighted by molar-refractivity contribution is 6.29. The van der Waals surface area contributed by atoms with Crippen LogP contribution in [0.25, 0.3) is 0 Å². The maximum Gasteiger partial charge on any atom is 0.291 e. The van der Waals surface area contributed by atoms with E-state index in [1.165, 1.54) is 11.1 Å². The maximum atomic E-state index is 12.6. The number of H-pyrrole nitrogens is 1. The molecule has 1 unspecified atom stereocenters. The summed E-state index contributed by atoms with van der Waals surface area (Å²) in [6, 6.07) is 4.22. The number of nitrogens with zero attached hydrogens (tertiary/aromatic N) is 2. The van der Waals surface area contributed by atoms with Gasteiger partial charge in [-0.1, -0.05) is 11.6 Å². The second-order valence-electron chi connectivity index (χ2n) is 6.31. The third-order valence-electron chi connectivity index (χ3n) is 4.54. The molecule has 3 N–H and O–H groups in total. The van der Waals surface area contributed by atoms with Gasteiger partial charge in [-0.2, -0.15) is 0 Å². The van der Waals surface area contributed by atoms with Crippen LogP contribution >= 0.6 is 11.6 Å². The summed E-state index contributed by atoms with van der Waals surface area (Å²) in [5, 5.41) is 5.19. The van der Waals surface area contributed by atoms with Gasteiger partial charge in [0.2, 0.25) is 11.8 Å². The van der Waals surface area contributed by atoms with Gasteiger partial charge in [0, 0.05) is 24.2 Å². The molecule has 0 aliphatic carbocycles. The number of benzene rings is 1. The van der Waals surface area contributed by atoms with Crippen molar-refractivity contribution in [3.05, 3.63) is 46.5 Å². The van der Waals surface area contributed by atoms with E-state index in [0.29, 0.717) is 23.2 Å². The van der Waals surface area contributed by atoms with Crippen molar-refractivity contribution in [2.75, 3.05) is 5.32 Å². The number of amides is 4. The summed E-state index contributed by atoms with van der Waals surface area (Å²) in [4.78, 5) is 56.1. The van der Waals surface area contributed by atoms with Crippen molar-refractivity contribution in [1.82, 2.24) is 20.2 Å². The Kier molecular flexibility index (Phi) is 4.15. The van der Waals surface area contributed by atoms with Crippen LogP contribution in [0.15, 0.2) is 24.4 Å². The van der Waals surface area contributed by atoms with Gasteiger partial charge in [0.05, 0.1) is 6.20 Å². The van der Waals surface area contributed by atoms with Crippen molar-refractivity contribution in [2.45, 2.75) is 25.4 Å². The minimum Gasteiger partial charge on any atom is -0.325 e. The number of imidazole rings is 1. The number of halogens is 1. The van der Waals surface area contributed by atoms with Crippen molar-refractivity contribution in [3.8, 4) is 0 Å². The molecule has 0 spiro atoms. The summed E-state index contributed by atoms with van der Waals surface area (Å²) in [5.74, 6) is -1.45. The van der Waals surface area contributed by atoms with Crippen molar-refractivity contribution in [1.29, 1.82) is 0 Å². The fourth-order valence-corrected chi connectivity index (χ4v) is 3.40. The fraction of sp³-hybridized carbons (Fsp3) is 0.235. The van der Waals surface area contributed by atoms with Crippen LogP contribution in [-0.4, -0.2) is 44.5 Å². The van der Waals surface area contributed by atoms with Crippen LogP contribution in [0.2, 0.25) is 5.15 Å². The van der Waals surface area contributed by atoms with Crippen LogP contribution < -0.4 is 10.6 Å². The largest absolute Gasteiger partial charge is 0.325 e. The number of piperidine rings is 1. The Hall–Kier alpha value is -3.20. The number of aromatic amines is 1. The predicted octanol–water partition coefficient (Wildman–Crippen LogP) is 1.08. The first-order valence-corrected chi connectivity index (χ1v) is 8.59. The number of hydrogen-bond donors (Lipinski definition) is 3. The lowest BCUT2D eigenvalue weighted by Crippen LogP contribution is -2.52. The molecule has 0 bridgehead atoms. The Balaban J connectivity index is 1.51. The monoisotopic (exact) mass is 387 g/mol. The molecule has 4 amide bonds. The summed E-state index contributed by atoms with van der Waals surface area (Å²) in [7, 11) is 0. The minimum absolute atomic E-state index is 0.0711. The van der Waals surface area contributed by atoms with E-state index in [0.717, 1.165) is 0 Å². The van der Waals surface area contributed by atoms with Gasteiger partial charge in [0.15, 0.2) is 5.82 Å². The molecule has 10 heteroatoms. The number of imide groups is 1. The van der Waals surface area contributed by atoms with E-state index in [1.54, 1.807) is 18.2 Å². The van der Waals surface area contributed by atoms with Crippen molar-refractivity contribution < 1.29 is 19.2 Å². The molecule has 1 fully saturated rings. The number of anilines is 1. The molecule has 138 valence electrons. The zero-order chi connectivity index (χ0) is 19.1. The van der Waals surface area contributed by atoms with Crippen LogP contribution in [0.5, 0.6) is 0 Å². The Morgan fingerprint density at radius 3 is 2.81 bits per heavy atom. The molecule has 4 rings (SSSR count). The average molecular weight is 388 g/mol. The van der Waals surface area contributed by atoms with Crippen molar-refractivity contribution >= 4 is 40.9 Å². The molecule has 1 saturated heterocycles. The molecule has 0 radical (unpaired) electrons. The van der Waals surface area contributed by atoms with Crippen LogP contribution in [0.4, 0.5) is 5.69 Å². The van der Waals surface area contributed by atoms with Gasteiger partial charge in [-0.05, 0) is 30.2 Å². The normalized spacial score (nSPS) is 19.1. The number of nitrogens with one attached hydrogen (secondary N) is 3. The number of hydrogen-bond acceptors (Lipinski definition) is 5. The van der Waals surface area contributed by atoms with Crippen LogP contribution in [0.1, 0.15) is 39.4 Å². The molecule has 2 aliphatic rings. The first-order valence-electron chi connectivity index (χ1n) is 8.22. The third-order valence-corrected chi connectivity index (χ3v) is 4.73. The summed E-state index contributed by atoms with van der Waals surface area (Å²) in [6.45, 7) is 0.233. The van der Waals surface area contributed by atoms with Gasteiger partial charge in [-0.15, -0.1) is 0 Å². The highest BCUT2D eigenvalue weighted by Crippen LogP contribution is 2.29. The molecule has 0 saturated carbocycles. The lowest BCUT2D eigenvalue weighted by atomic mass is 10.0. The fourth-order valence-electron chi connectivity index (χ4n) is 3.26. The molecular formula is C17H14ClN5O4. The third kappa shape index (κ3) is 3.17. The number of rotatable bonds is 3. The Morgan fingerprint density at radius 2 is 2.11 bits per heavy atom. The Labute approximate surface area is 158 Å². The van der Waals surface area contributed by atoms with Crippen molar-refractivity contribution in [2.24, 2.45) is 0 Å². The average Bonchev–Trinajstić information content (AvgIpc) is 3.19. The second-order valence-corrected chi connectivity index (χ2v) is 6.71. The van der Waals surface area contributed by atoms with E-state index in [-0.39, 0.29) is 35.8 Å². The van der Waals surface area contributed by atoms with Gasteiger partial charge < -0.3 is 15.2 Å². The molecule has 1 aromatic heterocycles. The predicted molar refractivity (Wildman–Crippen MR) is 94.0 cm³/mol. The summed E-state index contributed by atoms with van der Waals surface area (Å²) < 4.78 is 0. The number of carbonyl (C=O) groups excluding carboxylic acids is 4. The van der Waals surface area contributed by atoms with E-state index in [2.05, 4.69) is 20.6 Å². The summed E-state index contributed by atoms with van der Waals surface area (Å²) in [5.41, 5.74) is 1.66. The topological polar surface area (TPSA) is 124 Å². The lowest BCUT2D eigenvalue weighted by Gasteiger charge is -2.29. The zero-order valence-corrected chi connectivity index (χ0v) is 14.7. The highest BCUT2D eigenvalue weighted by atomic mass is 35.5.